The second-order valence-electron chi connectivity index (χ2n) is 4.36. The first-order valence-corrected chi connectivity index (χ1v) is 6.38. The average Bonchev–Trinajstić information content (AvgIpc) is 2.40. The molecule has 0 spiro atoms. The molecule has 2 aromatic rings. The number of pyridine rings is 1. The van der Waals surface area contributed by atoms with E-state index in [-0.39, 0.29) is 17.4 Å². The SMILES string of the molecule is CNc1cc(C(F)(F)F)cc(Oc2ccc(C)cc2Cl)n1. The number of anilines is 1. The zero-order valence-electron chi connectivity index (χ0n) is 11.3. The molecule has 0 aliphatic carbocycles. The van der Waals surface area contributed by atoms with Gasteiger partial charge in [-0.2, -0.15) is 18.2 Å². The number of rotatable bonds is 3. The molecule has 1 aromatic carbocycles. The van der Waals surface area contributed by atoms with Crippen LogP contribution < -0.4 is 10.1 Å². The van der Waals surface area contributed by atoms with Crippen LogP contribution in [0.3, 0.4) is 0 Å². The molecule has 7 heteroatoms. The van der Waals surface area contributed by atoms with Gasteiger partial charge in [-0.15, -0.1) is 0 Å². The molecule has 1 N–H and O–H groups in total. The van der Waals surface area contributed by atoms with E-state index in [2.05, 4.69) is 10.3 Å². The number of nitrogens with zero attached hydrogens (tertiary/aromatic N) is 1. The van der Waals surface area contributed by atoms with E-state index in [0.29, 0.717) is 5.02 Å². The summed E-state index contributed by atoms with van der Waals surface area (Å²) in [4.78, 5) is 3.93. The van der Waals surface area contributed by atoms with Crippen molar-refractivity contribution in [1.29, 1.82) is 0 Å². The highest BCUT2D eigenvalue weighted by molar-refractivity contribution is 6.32. The van der Waals surface area contributed by atoms with Gasteiger partial charge >= 0.3 is 6.18 Å². The molecule has 0 saturated heterocycles. The van der Waals surface area contributed by atoms with Crippen molar-refractivity contribution < 1.29 is 17.9 Å². The maximum absolute atomic E-state index is 12.8. The van der Waals surface area contributed by atoms with Gasteiger partial charge in [0, 0.05) is 13.1 Å². The number of hydrogen-bond donors (Lipinski definition) is 1. The summed E-state index contributed by atoms with van der Waals surface area (Å²) < 4.78 is 43.8. The first-order chi connectivity index (χ1) is 9.79. The van der Waals surface area contributed by atoms with E-state index in [0.717, 1.165) is 17.7 Å². The molecule has 0 aliphatic heterocycles. The Kier molecular flexibility index (Phi) is 4.27. The van der Waals surface area contributed by atoms with E-state index < -0.39 is 11.7 Å². The van der Waals surface area contributed by atoms with Crippen molar-refractivity contribution in [1.82, 2.24) is 4.98 Å². The fourth-order valence-corrected chi connectivity index (χ4v) is 1.92. The molecule has 0 unspecified atom stereocenters. The van der Waals surface area contributed by atoms with Gasteiger partial charge in [-0.25, -0.2) is 0 Å². The first kappa shape index (κ1) is 15.4. The highest BCUT2D eigenvalue weighted by Crippen LogP contribution is 2.35. The van der Waals surface area contributed by atoms with Gasteiger partial charge in [0.1, 0.15) is 11.6 Å². The van der Waals surface area contributed by atoms with Crippen LogP contribution in [0.25, 0.3) is 0 Å². The second kappa shape index (κ2) is 5.81. The van der Waals surface area contributed by atoms with Gasteiger partial charge in [0.25, 0.3) is 0 Å². The molecule has 0 saturated carbocycles. The van der Waals surface area contributed by atoms with E-state index in [1.54, 1.807) is 18.2 Å². The normalized spacial score (nSPS) is 11.3. The lowest BCUT2D eigenvalue weighted by molar-refractivity contribution is -0.137. The topological polar surface area (TPSA) is 34.1 Å². The molecule has 1 heterocycles. The van der Waals surface area contributed by atoms with Crippen molar-refractivity contribution in [2.45, 2.75) is 13.1 Å². The minimum Gasteiger partial charge on any atom is -0.437 e. The van der Waals surface area contributed by atoms with E-state index >= 15 is 0 Å². The van der Waals surface area contributed by atoms with Gasteiger partial charge in [0.05, 0.1) is 10.6 Å². The van der Waals surface area contributed by atoms with E-state index in [1.165, 1.54) is 7.05 Å². The Morgan fingerprint density at radius 1 is 1.19 bits per heavy atom. The third kappa shape index (κ3) is 3.78. The molecule has 0 atom stereocenters. The van der Waals surface area contributed by atoms with Crippen molar-refractivity contribution in [3.05, 3.63) is 46.5 Å². The Hall–Kier alpha value is -1.95. The summed E-state index contributed by atoms with van der Waals surface area (Å²) in [6.45, 7) is 1.84. The van der Waals surface area contributed by atoms with Crippen molar-refractivity contribution in [3.63, 3.8) is 0 Å². The highest BCUT2D eigenvalue weighted by Gasteiger charge is 2.32. The molecule has 0 aliphatic rings. The Balaban J connectivity index is 2.39. The van der Waals surface area contributed by atoms with Crippen LogP contribution in [0, 0.1) is 6.92 Å². The number of ether oxygens (including phenoxy) is 1. The first-order valence-electron chi connectivity index (χ1n) is 6.00. The van der Waals surface area contributed by atoms with Crippen molar-refractivity contribution in [2.75, 3.05) is 12.4 Å². The summed E-state index contributed by atoms with van der Waals surface area (Å²) >= 11 is 5.99. The molecule has 0 amide bonds. The van der Waals surface area contributed by atoms with Crippen LogP contribution >= 0.6 is 11.6 Å². The van der Waals surface area contributed by atoms with Gasteiger partial charge in [0.15, 0.2) is 0 Å². The maximum Gasteiger partial charge on any atom is 0.416 e. The molecule has 0 bridgehead atoms. The van der Waals surface area contributed by atoms with Crippen LogP contribution in [0.2, 0.25) is 5.02 Å². The lowest BCUT2D eigenvalue weighted by atomic mass is 10.2. The zero-order valence-corrected chi connectivity index (χ0v) is 12.0. The molecule has 0 fully saturated rings. The van der Waals surface area contributed by atoms with E-state index in [9.17, 15) is 13.2 Å². The predicted molar refractivity (Wildman–Crippen MR) is 75.0 cm³/mol. The Labute approximate surface area is 124 Å². The third-order valence-electron chi connectivity index (χ3n) is 2.69. The highest BCUT2D eigenvalue weighted by atomic mass is 35.5. The fourth-order valence-electron chi connectivity index (χ4n) is 1.65. The van der Waals surface area contributed by atoms with Crippen LogP contribution in [-0.4, -0.2) is 12.0 Å². The summed E-state index contributed by atoms with van der Waals surface area (Å²) in [7, 11) is 1.48. The van der Waals surface area contributed by atoms with Gasteiger partial charge in [-0.05, 0) is 30.7 Å². The lowest BCUT2D eigenvalue weighted by Crippen LogP contribution is -2.07. The number of benzene rings is 1. The molecule has 2 rings (SSSR count). The van der Waals surface area contributed by atoms with Gasteiger partial charge in [-0.3, -0.25) is 0 Å². The molecular weight excluding hydrogens is 305 g/mol. The summed E-state index contributed by atoms with van der Waals surface area (Å²) in [5.74, 6) is 0.124. The zero-order chi connectivity index (χ0) is 15.6. The van der Waals surface area contributed by atoms with Crippen molar-refractivity contribution >= 4 is 17.4 Å². The quantitative estimate of drug-likeness (QED) is 0.875. The molecule has 112 valence electrons. The van der Waals surface area contributed by atoms with Gasteiger partial charge in [-0.1, -0.05) is 17.7 Å². The van der Waals surface area contributed by atoms with E-state index in [4.69, 9.17) is 16.3 Å². The number of aromatic nitrogens is 1. The molecule has 1 aromatic heterocycles. The standard InChI is InChI=1S/C14H12ClF3N2O/c1-8-3-4-11(10(15)5-8)21-13-7-9(14(16,17)18)6-12(19-2)20-13/h3-7H,1-2H3,(H,19,20). The third-order valence-corrected chi connectivity index (χ3v) is 2.98. The smallest absolute Gasteiger partial charge is 0.416 e. The monoisotopic (exact) mass is 316 g/mol. The average molecular weight is 317 g/mol. The van der Waals surface area contributed by atoms with Crippen LogP contribution in [-0.2, 0) is 6.18 Å². The lowest BCUT2D eigenvalue weighted by Gasteiger charge is -2.12. The number of alkyl halides is 3. The summed E-state index contributed by atoms with van der Waals surface area (Å²) in [6.07, 6.45) is -4.48. The Morgan fingerprint density at radius 2 is 1.90 bits per heavy atom. The number of nitrogens with one attached hydrogen (secondary N) is 1. The van der Waals surface area contributed by atoms with E-state index in [1.807, 2.05) is 6.92 Å². The van der Waals surface area contributed by atoms with Crippen molar-refractivity contribution in [2.24, 2.45) is 0 Å². The fraction of sp³-hybridized carbons (Fsp3) is 0.214. The Morgan fingerprint density at radius 3 is 2.48 bits per heavy atom. The molecule has 21 heavy (non-hydrogen) atoms. The summed E-state index contributed by atoms with van der Waals surface area (Å²) in [5, 5.41) is 2.87. The minimum absolute atomic E-state index is 0.0584. The van der Waals surface area contributed by atoms with Crippen LogP contribution in [0.1, 0.15) is 11.1 Å². The number of aryl methyl sites for hydroxylation is 1. The maximum atomic E-state index is 12.8. The minimum atomic E-state index is -4.48. The van der Waals surface area contributed by atoms with Gasteiger partial charge < -0.3 is 10.1 Å². The second-order valence-corrected chi connectivity index (χ2v) is 4.77. The largest absolute Gasteiger partial charge is 0.437 e. The van der Waals surface area contributed by atoms with Crippen LogP contribution in [0.5, 0.6) is 11.6 Å². The van der Waals surface area contributed by atoms with Crippen LogP contribution in [0.15, 0.2) is 30.3 Å². The number of hydrogen-bond acceptors (Lipinski definition) is 3. The molecule has 0 radical (unpaired) electrons. The van der Waals surface area contributed by atoms with Gasteiger partial charge in [0.2, 0.25) is 5.88 Å². The molecule has 3 nitrogen and oxygen atoms in total. The number of halogens is 4. The molecular formula is C14H12ClF3N2O. The van der Waals surface area contributed by atoms with Crippen LogP contribution in [0.4, 0.5) is 19.0 Å². The Bertz CT molecular complexity index is 659. The predicted octanol–water partition coefficient (Wildman–Crippen LogP) is 4.90. The summed E-state index contributed by atoms with van der Waals surface area (Å²) in [6, 6.07) is 6.72. The van der Waals surface area contributed by atoms with Crippen molar-refractivity contribution in [3.8, 4) is 11.6 Å². The summed E-state index contributed by atoms with van der Waals surface area (Å²) in [5.41, 5.74) is 0.0698.